The normalized spacial score (nSPS) is 10.3. The second-order valence-electron chi connectivity index (χ2n) is 4.12. The highest BCUT2D eigenvalue weighted by molar-refractivity contribution is 6.29. The molecule has 0 atom stereocenters. The minimum absolute atomic E-state index is 0.527. The van der Waals surface area contributed by atoms with Crippen LogP contribution in [0.25, 0.3) is 0 Å². The Balaban J connectivity index is 2.17. The van der Waals surface area contributed by atoms with Crippen LogP contribution in [0.2, 0.25) is 5.15 Å². The van der Waals surface area contributed by atoms with Crippen LogP contribution < -0.4 is 4.90 Å². The number of nitrogens with zero attached hydrogens (tertiary/aromatic N) is 2. The maximum absolute atomic E-state index is 5.89. The molecule has 1 aromatic heterocycles. The first-order valence-corrected chi connectivity index (χ1v) is 5.92. The molecule has 0 N–H and O–H groups in total. The molecule has 0 bridgehead atoms. The molecule has 2 rings (SSSR count). The van der Waals surface area contributed by atoms with Crippen molar-refractivity contribution in [3.05, 3.63) is 58.9 Å². The fourth-order valence-corrected chi connectivity index (χ4v) is 1.93. The lowest BCUT2D eigenvalue weighted by Crippen LogP contribution is -2.17. The molecule has 88 valence electrons. The number of hydrogen-bond acceptors (Lipinski definition) is 2. The maximum atomic E-state index is 5.89. The Labute approximate surface area is 107 Å². The molecule has 0 aliphatic rings. The van der Waals surface area contributed by atoms with Crippen LogP contribution in [-0.2, 0) is 6.54 Å². The molecule has 0 saturated heterocycles. The van der Waals surface area contributed by atoms with Gasteiger partial charge < -0.3 is 4.90 Å². The van der Waals surface area contributed by atoms with Crippen LogP contribution in [0.4, 0.5) is 5.69 Å². The molecule has 0 spiro atoms. The summed E-state index contributed by atoms with van der Waals surface area (Å²) in [5.41, 5.74) is 3.70. The van der Waals surface area contributed by atoms with Crippen molar-refractivity contribution in [2.24, 2.45) is 0 Å². The Kier molecular flexibility index (Phi) is 3.64. The van der Waals surface area contributed by atoms with E-state index in [2.05, 4.69) is 48.1 Å². The summed E-state index contributed by atoms with van der Waals surface area (Å²) in [6.45, 7) is 3.00. The highest BCUT2D eigenvalue weighted by Gasteiger charge is 2.04. The van der Waals surface area contributed by atoms with Crippen molar-refractivity contribution < 1.29 is 0 Å². The Morgan fingerprint density at radius 3 is 2.71 bits per heavy atom. The lowest BCUT2D eigenvalue weighted by molar-refractivity contribution is 0.912. The van der Waals surface area contributed by atoms with Gasteiger partial charge in [0, 0.05) is 25.5 Å². The molecule has 0 aliphatic carbocycles. The lowest BCUT2D eigenvalue weighted by Gasteiger charge is -2.20. The molecule has 1 aromatic carbocycles. The van der Waals surface area contributed by atoms with Crippen molar-refractivity contribution in [2.45, 2.75) is 13.5 Å². The standard InChI is InChI=1S/C14H15ClN2/c1-11-5-3-4-6-12(11)10-17(2)13-7-8-16-14(15)9-13/h3-9H,10H2,1-2H3. The predicted octanol–water partition coefficient (Wildman–Crippen LogP) is 3.68. The fraction of sp³-hybridized carbons (Fsp3) is 0.214. The number of halogens is 1. The van der Waals surface area contributed by atoms with E-state index in [1.165, 1.54) is 11.1 Å². The molecule has 2 aromatic rings. The molecule has 0 unspecified atom stereocenters. The van der Waals surface area contributed by atoms with Crippen LogP contribution in [0.1, 0.15) is 11.1 Å². The Bertz CT molecular complexity index is 511. The largest absolute Gasteiger partial charge is 0.370 e. The summed E-state index contributed by atoms with van der Waals surface area (Å²) in [4.78, 5) is 6.15. The number of hydrogen-bond donors (Lipinski definition) is 0. The highest BCUT2D eigenvalue weighted by atomic mass is 35.5. The smallest absolute Gasteiger partial charge is 0.131 e. The molecule has 0 radical (unpaired) electrons. The van der Waals surface area contributed by atoms with E-state index >= 15 is 0 Å². The Morgan fingerprint density at radius 1 is 1.24 bits per heavy atom. The van der Waals surface area contributed by atoms with Crippen LogP contribution in [0.5, 0.6) is 0 Å². The van der Waals surface area contributed by atoms with E-state index in [0.717, 1.165) is 12.2 Å². The Hall–Kier alpha value is -1.54. The number of benzene rings is 1. The first-order valence-electron chi connectivity index (χ1n) is 5.54. The van der Waals surface area contributed by atoms with Crippen LogP contribution in [0.3, 0.4) is 0 Å². The quantitative estimate of drug-likeness (QED) is 0.768. The van der Waals surface area contributed by atoms with Crippen molar-refractivity contribution in [3.8, 4) is 0 Å². The van der Waals surface area contributed by atoms with E-state index in [4.69, 9.17) is 11.6 Å². The molecular formula is C14H15ClN2. The summed E-state index contributed by atoms with van der Waals surface area (Å²) in [5, 5.41) is 0.527. The number of anilines is 1. The average molecular weight is 247 g/mol. The van der Waals surface area contributed by atoms with Gasteiger partial charge in [-0.15, -0.1) is 0 Å². The van der Waals surface area contributed by atoms with Crippen molar-refractivity contribution in [3.63, 3.8) is 0 Å². The minimum atomic E-state index is 0.527. The number of pyridine rings is 1. The summed E-state index contributed by atoms with van der Waals surface area (Å²) < 4.78 is 0. The van der Waals surface area contributed by atoms with Gasteiger partial charge in [-0.1, -0.05) is 35.9 Å². The van der Waals surface area contributed by atoms with Gasteiger partial charge in [-0.25, -0.2) is 4.98 Å². The van der Waals surface area contributed by atoms with E-state index in [9.17, 15) is 0 Å². The maximum Gasteiger partial charge on any atom is 0.131 e. The molecule has 0 saturated carbocycles. The molecule has 0 fully saturated rings. The zero-order valence-electron chi connectivity index (χ0n) is 10.0. The zero-order chi connectivity index (χ0) is 12.3. The summed E-state index contributed by atoms with van der Waals surface area (Å²) >= 11 is 5.89. The zero-order valence-corrected chi connectivity index (χ0v) is 10.8. The molecule has 2 nitrogen and oxygen atoms in total. The highest BCUT2D eigenvalue weighted by Crippen LogP contribution is 2.19. The molecule has 1 heterocycles. The topological polar surface area (TPSA) is 16.1 Å². The van der Waals surface area contributed by atoms with Gasteiger partial charge in [-0.05, 0) is 30.2 Å². The molecule has 3 heteroatoms. The number of rotatable bonds is 3. The monoisotopic (exact) mass is 246 g/mol. The molecule has 0 aliphatic heterocycles. The van der Waals surface area contributed by atoms with Gasteiger partial charge in [0.05, 0.1) is 0 Å². The van der Waals surface area contributed by atoms with Crippen molar-refractivity contribution in [2.75, 3.05) is 11.9 Å². The molecule has 17 heavy (non-hydrogen) atoms. The van der Waals surface area contributed by atoms with E-state index in [1.807, 2.05) is 12.1 Å². The van der Waals surface area contributed by atoms with Crippen molar-refractivity contribution in [1.82, 2.24) is 4.98 Å². The first kappa shape index (κ1) is 11.9. The van der Waals surface area contributed by atoms with Crippen LogP contribution >= 0.6 is 11.6 Å². The first-order chi connectivity index (χ1) is 8.16. The summed E-state index contributed by atoms with van der Waals surface area (Å²) in [6, 6.07) is 12.2. The van der Waals surface area contributed by atoms with Gasteiger partial charge in [0.15, 0.2) is 0 Å². The average Bonchev–Trinajstić information content (AvgIpc) is 2.32. The lowest BCUT2D eigenvalue weighted by atomic mass is 10.1. The fourth-order valence-electron chi connectivity index (χ4n) is 1.76. The third kappa shape index (κ3) is 2.98. The third-order valence-corrected chi connectivity index (χ3v) is 3.03. The third-order valence-electron chi connectivity index (χ3n) is 2.82. The van der Waals surface area contributed by atoms with Gasteiger partial charge in [0.1, 0.15) is 5.15 Å². The van der Waals surface area contributed by atoms with Crippen molar-refractivity contribution in [1.29, 1.82) is 0 Å². The van der Waals surface area contributed by atoms with E-state index in [0.29, 0.717) is 5.15 Å². The van der Waals surface area contributed by atoms with E-state index in [-0.39, 0.29) is 0 Å². The second-order valence-corrected chi connectivity index (χ2v) is 4.51. The summed E-state index contributed by atoms with van der Waals surface area (Å²) in [5.74, 6) is 0. The summed E-state index contributed by atoms with van der Waals surface area (Å²) in [7, 11) is 2.05. The molecule has 0 amide bonds. The van der Waals surface area contributed by atoms with Gasteiger partial charge in [0.2, 0.25) is 0 Å². The molecular weight excluding hydrogens is 232 g/mol. The van der Waals surface area contributed by atoms with E-state index in [1.54, 1.807) is 6.20 Å². The van der Waals surface area contributed by atoms with Gasteiger partial charge in [-0.3, -0.25) is 0 Å². The minimum Gasteiger partial charge on any atom is -0.370 e. The number of aromatic nitrogens is 1. The van der Waals surface area contributed by atoms with Crippen LogP contribution in [0, 0.1) is 6.92 Å². The SMILES string of the molecule is Cc1ccccc1CN(C)c1ccnc(Cl)c1. The van der Waals surface area contributed by atoms with Crippen LogP contribution in [0.15, 0.2) is 42.6 Å². The van der Waals surface area contributed by atoms with Gasteiger partial charge in [0.25, 0.3) is 0 Å². The van der Waals surface area contributed by atoms with E-state index < -0.39 is 0 Å². The van der Waals surface area contributed by atoms with Gasteiger partial charge in [-0.2, -0.15) is 0 Å². The van der Waals surface area contributed by atoms with Crippen LogP contribution in [-0.4, -0.2) is 12.0 Å². The number of aryl methyl sites for hydroxylation is 1. The second kappa shape index (κ2) is 5.19. The van der Waals surface area contributed by atoms with Crippen molar-refractivity contribution >= 4 is 17.3 Å². The predicted molar refractivity (Wildman–Crippen MR) is 72.5 cm³/mol. The summed E-state index contributed by atoms with van der Waals surface area (Å²) in [6.07, 6.45) is 1.73. The van der Waals surface area contributed by atoms with Gasteiger partial charge >= 0.3 is 0 Å². The Morgan fingerprint density at radius 2 is 2.00 bits per heavy atom.